The number of H-pyrrole nitrogens is 1. The third-order valence-corrected chi connectivity index (χ3v) is 4.91. The van der Waals surface area contributed by atoms with Gasteiger partial charge in [-0.1, -0.05) is 0 Å². The predicted molar refractivity (Wildman–Crippen MR) is 120 cm³/mol. The first-order valence-electron chi connectivity index (χ1n) is 9.96. The zero-order chi connectivity index (χ0) is 24.8. The minimum atomic E-state index is -1.34. The van der Waals surface area contributed by atoms with Crippen LogP contribution < -0.4 is 26.8 Å². The number of rotatable bonds is 10. The summed E-state index contributed by atoms with van der Waals surface area (Å²) in [7, 11) is 0. The normalized spacial score (nSPS) is 15.2. The number of aromatic nitrogens is 2. The van der Waals surface area contributed by atoms with Crippen molar-refractivity contribution in [1.82, 2.24) is 15.3 Å². The van der Waals surface area contributed by atoms with E-state index in [9.17, 15) is 24.0 Å². The van der Waals surface area contributed by atoms with E-state index in [1.807, 2.05) is 0 Å². The number of carboxylic acids is 2. The molecule has 14 nitrogen and oxygen atoms in total. The van der Waals surface area contributed by atoms with Crippen molar-refractivity contribution in [1.29, 1.82) is 0 Å². The highest BCUT2D eigenvalue weighted by Gasteiger charge is 2.27. The highest BCUT2D eigenvalue weighted by molar-refractivity contribution is 5.97. The molecule has 0 saturated heterocycles. The van der Waals surface area contributed by atoms with Crippen LogP contribution in [0.4, 0.5) is 23.1 Å². The van der Waals surface area contributed by atoms with Crippen molar-refractivity contribution in [3.63, 3.8) is 0 Å². The van der Waals surface area contributed by atoms with Gasteiger partial charge in [-0.3, -0.25) is 29.1 Å². The summed E-state index contributed by atoms with van der Waals surface area (Å²) in [4.78, 5) is 69.5. The number of fused-ring (bicyclic) bond motifs is 1. The van der Waals surface area contributed by atoms with Crippen molar-refractivity contribution in [2.75, 3.05) is 22.5 Å². The van der Waals surface area contributed by atoms with Crippen molar-refractivity contribution >= 4 is 53.6 Å². The van der Waals surface area contributed by atoms with E-state index in [1.54, 1.807) is 12.1 Å². The summed E-state index contributed by atoms with van der Waals surface area (Å²) in [5.41, 5.74) is 5.62. The van der Waals surface area contributed by atoms with E-state index >= 15 is 0 Å². The molecule has 1 aromatic heterocycles. The van der Waals surface area contributed by atoms with Crippen molar-refractivity contribution < 1.29 is 29.4 Å². The maximum Gasteiger partial charge on any atom is 0.326 e. The van der Waals surface area contributed by atoms with E-state index < -0.39 is 41.9 Å². The Morgan fingerprint density at radius 2 is 1.94 bits per heavy atom. The summed E-state index contributed by atoms with van der Waals surface area (Å²) < 4.78 is 0. The predicted octanol–water partition coefficient (Wildman–Crippen LogP) is -0.441. The summed E-state index contributed by atoms with van der Waals surface area (Å²) in [6.45, 7) is 0.174. The number of carbonyl (C=O) groups excluding carboxylic acids is 2. The SMILES string of the molecule is Nc1nc2c(c(=O)[nH]1)N(C=O)[C@@H](CNc1ccc(C(=O)N[C@@H](CCC(=O)O)C(=O)O)cc1)C=N2. The second-order valence-electron chi connectivity index (χ2n) is 7.24. The number of amides is 2. The molecule has 0 aliphatic carbocycles. The van der Waals surface area contributed by atoms with Gasteiger partial charge in [0, 0.05) is 30.4 Å². The summed E-state index contributed by atoms with van der Waals surface area (Å²) in [5, 5.41) is 23.2. The highest BCUT2D eigenvalue weighted by atomic mass is 16.4. The molecular weight excluding hydrogens is 450 g/mol. The Hall–Kier alpha value is -4.75. The maximum absolute atomic E-state index is 12.3. The third-order valence-electron chi connectivity index (χ3n) is 4.91. The molecule has 0 spiro atoms. The molecule has 178 valence electrons. The van der Waals surface area contributed by atoms with Crippen LogP contribution in [0.1, 0.15) is 23.2 Å². The number of nitrogens with zero attached hydrogens (tertiary/aromatic N) is 3. The lowest BCUT2D eigenvalue weighted by Gasteiger charge is -2.28. The van der Waals surface area contributed by atoms with Gasteiger partial charge in [0.1, 0.15) is 6.04 Å². The number of aliphatic carboxylic acids is 2. The maximum atomic E-state index is 12.3. The second-order valence-corrected chi connectivity index (χ2v) is 7.24. The number of nitrogens with one attached hydrogen (secondary N) is 3. The Balaban J connectivity index is 1.63. The fourth-order valence-electron chi connectivity index (χ4n) is 3.20. The molecule has 7 N–H and O–H groups in total. The fourth-order valence-corrected chi connectivity index (χ4v) is 3.20. The highest BCUT2D eigenvalue weighted by Crippen LogP contribution is 2.26. The number of benzene rings is 1. The number of nitrogen functional groups attached to an aromatic ring is 1. The number of aliphatic imine (C=N–C) groups is 1. The van der Waals surface area contributed by atoms with Gasteiger partial charge in [-0.05, 0) is 30.7 Å². The first kappa shape index (κ1) is 23.9. The van der Waals surface area contributed by atoms with E-state index in [2.05, 4.69) is 25.6 Å². The molecule has 0 unspecified atom stereocenters. The van der Waals surface area contributed by atoms with Gasteiger partial charge in [0.2, 0.25) is 12.4 Å². The Bertz CT molecular complexity index is 1190. The van der Waals surface area contributed by atoms with Gasteiger partial charge in [-0.25, -0.2) is 9.79 Å². The van der Waals surface area contributed by atoms with Crippen molar-refractivity contribution in [2.24, 2.45) is 4.99 Å². The van der Waals surface area contributed by atoms with Gasteiger partial charge in [0.25, 0.3) is 11.5 Å². The smallest absolute Gasteiger partial charge is 0.326 e. The van der Waals surface area contributed by atoms with Crippen molar-refractivity contribution in [2.45, 2.75) is 24.9 Å². The molecule has 0 saturated carbocycles. The van der Waals surface area contributed by atoms with Gasteiger partial charge in [0.05, 0.1) is 6.04 Å². The topological polar surface area (TPSA) is 220 Å². The summed E-state index contributed by atoms with van der Waals surface area (Å²) >= 11 is 0. The average Bonchev–Trinajstić information content (AvgIpc) is 2.79. The van der Waals surface area contributed by atoms with E-state index in [4.69, 9.17) is 15.9 Å². The molecule has 1 aliphatic rings. The molecule has 0 fully saturated rings. The molecule has 2 aromatic rings. The largest absolute Gasteiger partial charge is 0.481 e. The van der Waals surface area contributed by atoms with Crippen LogP contribution in [0.5, 0.6) is 0 Å². The number of carboxylic acid groups (broad SMARTS) is 2. The fraction of sp³-hybridized carbons (Fsp3) is 0.250. The van der Waals surface area contributed by atoms with Crippen LogP contribution in [0.2, 0.25) is 0 Å². The van der Waals surface area contributed by atoms with Gasteiger partial charge < -0.3 is 26.6 Å². The zero-order valence-corrected chi connectivity index (χ0v) is 17.6. The van der Waals surface area contributed by atoms with Crippen molar-refractivity contribution in [3.05, 3.63) is 40.2 Å². The lowest BCUT2D eigenvalue weighted by atomic mass is 10.1. The molecule has 14 heteroatoms. The molecule has 2 amide bonds. The van der Waals surface area contributed by atoms with Crippen LogP contribution in [0, 0.1) is 0 Å². The first-order chi connectivity index (χ1) is 16.2. The van der Waals surface area contributed by atoms with E-state index in [0.29, 0.717) is 12.1 Å². The number of aromatic amines is 1. The monoisotopic (exact) mass is 471 g/mol. The van der Waals surface area contributed by atoms with Crippen LogP contribution in [-0.2, 0) is 14.4 Å². The number of nitrogens with two attached hydrogens (primary N) is 1. The van der Waals surface area contributed by atoms with E-state index in [1.165, 1.54) is 23.2 Å². The minimum Gasteiger partial charge on any atom is -0.481 e. The lowest BCUT2D eigenvalue weighted by Crippen LogP contribution is -2.45. The van der Waals surface area contributed by atoms with E-state index in [0.717, 1.165) is 0 Å². The Kier molecular flexibility index (Phi) is 7.20. The second kappa shape index (κ2) is 10.2. The van der Waals surface area contributed by atoms with Gasteiger partial charge in [-0.2, -0.15) is 4.98 Å². The van der Waals surface area contributed by atoms with Crippen molar-refractivity contribution in [3.8, 4) is 0 Å². The number of anilines is 3. The molecule has 1 aliphatic heterocycles. The van der Waals surface area contributed by atoms with Crippen LogP contribution in [0.15, 0.2) is 34.1 Å². The van der Waals surface area contributed by atoms with Crippen LogP contribution in [0.25, 0.3) is 0 Å². The molecule has 2 heterocycles. The quantitative estimate of drug-likeness (QED) is 0.245. The zero-order valence-electron chi connectivity index (χ0n) is 17.6. The molecule has 2 atom stereocenters. The number of hydrogen-bond donors (Lipinski definition) is 6. The van der Waals surface area contributed by atoms with Gasteiger partial charge >= 0.3 is 11.9 Å². The first-order valence-corrected chi connectivity index (χ1v) is 9.96. The average molecular weight is 471 g/mol. The molecule has 3 rings (SSSR count). The van der Waals surface area contributed by atoms with E-state index in [-0.39, 0.29) is 36.0 Å². The Morgan fingerprint density at radius 1 is 1.24 bits per heavy atom. The third kappa shape index (κ3) is 5.53. The molecule has 34 heavy (non-hydrogen) atoms. The summed E-state index contributed by atoms with van der Waals surface area (Å²) in [5.74, 6) is -3.26. The molecule has 1 aromatic carbocycles. The standard InChI is InChI=1S/C20H21N7O7/c21-20-25-16-15(18(32)26-20)27(9-28)12(8-23-16)7-22-11-3-1-10(2-4-11)17(31)24-13(19(33)34)5-6-14(29)30/h1-4,8-9,12-13,22H,5-7H2,(H,24,31)(H,29,30)(H,33,34)(H3,21,25,26,32)/t12-,13-/m0/s1. The Labute approximate surface area is 191 Å². The minimum absolute atomic E-state index is 0.0265. The lowest BCUT2D eigenvalue weighted by molar-refractivity contribution is -0.140. The van der Waals surface area contributed by atoms with Gasteiger partial charge in [0.15, 0.2) is 11.5 Å². The number of carbonyl (C=O) groups is 4. The summed E-state index contributed by atoms with van der Waals surface area (Å²) in [6.07, 6.45) is 1.28. The molecule has 0 bridgehead atoms. The van der Waals surface area contributed by atoms with Gasteiger partial charge in [-0.15, -0.1) is 0 Å². The molecular formula is C20H21N7O7. The van der Waals surface area contributed by atoms with Crippen LogP contribution in [-0.4, -0.2) is 69.3 Å². The molecule has 0 radical (unpaired) electrons. The Morgan fingerprint density at radius 3 is 2.56 bits per heavy atom. The number of hydrogen-bond acceptors (Lipinski definition) is 9. The van der Waals surface area contributed by atoms with Crippen LogP contribution in [0.3, 0.4) is 0 Å². The van der Waals surface area contributed by atoms with Crippen LogP contribution >= 0.6 is 0 Å². The summed E-state index contributed by atoms with van der Waals surface area (Å²) in [6, 6.07) is 4.09.